The predicted molar refractivity (Wildman–Crippen MR) is 143 cm³/mol. The van der Waals surface area contributed by atoms with Crippen molar-refractivity contribution < 1.29 is 0 Å². The van der Waals surface area contributed by atoms with Crippen LogP contribution >= 0.6 is 0 Å². The van der Waals surface area contributed by atoms with Crippen LogP contribution in [0, 0.1) is 0 Å². The zero-order valence-electron chi connectivity index (χ0n) is 19.2. The molecule has 178 valence electrons. The topological polar surface area (TPSA) is 113 Å². The second-order valence-corrected chi connectivity index (χ2v) is 7.95. The van der Waals surface area contributed by atoms with E-state index in [4.69, 9.17) is 0 Å². The van der Waals surface area contributed by atoms with Gasteiger partial charge in [-0.1, -0.05) is 55.6 Å². The smallest absolute Gasteiger partial charge is 0.280 e. The zero-order chi connectivity index (χ0) is 25.1. The molecule has 9 heteroatoms. The molecule has 0 radical (unpaired) electrons. The van der Waals surface area contributed by atoms with E-state index in [9.17, 15) is 9.59 Å². The standard InChI is InChI=1S/C27H23N7O2/c1-18-22(26(35)33(31-18)20-10-5-3-6-11-20)16-28-24-14-9-15-25(30-24)29-17-23-19(2)32-34(27(23)36)21-12-7-4-8-13-21/h3-17,31-32H,1-2H2,(H2,28,29,30)/b22-16-,23-17-. The van der Waals surface area contributed by atoms with Crippen LogP contribution in [0.3, 0.4) is 0 Å². The fraction of sp³-hybridized carbons (Fsp3) is 0. The number of benzene rings is 2. The summed E-state index contributed by atoms with van der Waals surface area (Å²) in [4.78, 5) is 30.2. The summed E-state index contributed by atoms with van der Waals surface area (Å²) in [5.41, 5.74) is 0.971. The highest BCUT2D eigenvalue weighted by atomic mass is 16.1. The van der Waals surface area contributed by atoms with Gasteiger partial charge in [-0.2, -0.15) is 0 Å². The SMILES string of the molecule is C=c1[nH]n(-c2ccccc2)c(=O)/c1=C\Nc1cccc(N/C=c2/c(=C)[nH]n(-c3ccccc3)c2=O)n1. The zero-order valence-corrected chi connectivity index (χ0v) is 19.2. The second kappa shape index (κ2) is 9.51. The molecule has 0 saturated carbocycles. The summed E-state index contributed by atoms with van der Waals surface area (Å²) in [6, 6.07) is 23.8. The Labute approximate surface area is 204 Å². The molecule has 4 N–H and O–H groups in total. The van der Waals surface area contributed by atoms with E-state index in [-0.39, 0.29) is 11.1 Å². The Kier molecular flexibility index (Phi) is 5.94. The van der Waals surface area contributed by atoms with Crippen LogP contribution in [-0.4, -0.2) is 24.5 Å². The monoisotopic (exact) mass is 477 g/mol. The third kappa shape index (κ3) is 4.40. The number of para-hydroxylation sites is 2. The van der Waals surface area contributed by atoms with Crippen molar-refractivity contribution in [3.8, 4) is 11.4 Å². The number of hydrogen-bond acceptors (Lipinski definition) is 5. The first kappa shape index (κ1) is 22.5. The van der Waals surface area contributed by atoms with Gasteiger partial charge in [0, 0.05) is 12.4 Å². The molecule has 0 spiro atoms. The molecule has 3 aromatic heterocycles. The Morgan fingerprint density at radius 1 is 0.639 bits per heavy atom. The van der Waals surface area contributed by atoms with Crippen LogP contribution < -0.4 is 42.9 Å². The van der Waals surface area contributed by atoms with Crippen LogP contribution in [0.15, 0.2) is 88.5 Å². The molecule has 0 unspecified atom stereocenters. The Morgan fingerprint density at radius 3 is 1.47 bits per heavy atom. The molecule has 0 aliphatic rings. The van der Waals surface area contributed by atoms with Gasteiger partial charge in [0.25, 0.3) is 11.1 Å². The first-order chi connectivity index (χ1) is 17.5. The van der Waals surface area contributed by atoms with Crippen molar-refractivity contribution in [3.05, 3.63) is 121 Å². The number of H-pyrrole nitrogens is 2. The molecular weight excluding hydrogens is 454 g/mol. The fourth-order valence-electron chi connectivity index (χ4n) is 3.69. The summed E-state index contributed by atoms with van der Waals surface area (Å²) in [5.74, 6) is 1.01. The number of anilines is 2. The van der Waals surface area contributed by atoms with Crippen LogP contribution in [0.2, 0.25) is 0 Å². The average molecular weight is 478 g/mol. The molecule has 0 fully saturated rings. The van der Waals surface area contributed by atoms with Crippen molar-refractivity contribution >= 4 is 37.2 Å². The van der Waals surface area contributed by atoms with E-state index in [0.717, 1.165) is 0 Å². The largest absolute Gasteiger partial charge is 0.346 e. The summed E-state index contributed by atoms with van der Waals surface area (Å²) >= 11 is 0. The fourth-order valence-corrected chi connectivity index (χ4v) is 3.69. The highest BCUT2D eigenvalue weighted by Gasteiger charge is 2.05. The molecule has 2 aromatic carbocycles. The Hall–Kier alpha value is -5.31. The number of aromatic nitrogens is 5. The highest BCUT2D eigenvalue weighted by Crippen LogP contribution is 2.09. The van der Waals surface area contributed by atoms with Crippen LogP contribution in [0.5, 0.6) is 0 Å². The van der Waals surface area contributed by atoms with Crippen molar-refractivity contribution in [2.24, 2.45) is 0 Å². The van der Waals surface area contributed by atoms with Gasteiger partial charge in [0.15, 0.2) is 0 Å². The molecule has 0 bridgehead atoms. The Morgan fingerprint density at radius 2 is 1.06 bits per heavy atom. The van der Waals surface area contributed by atoms with E-state index in [1.807, 2.05) is 60.7 Å². The van der Waals surface area contributed by atoms with Gasteiger partial charge in [0.05, 0.1) is 32.5 Å². The summed E-state index contributed by atoms with van der Waals surface area (Å²) in [6.45, 7) is 7.87. The number of hydrogen-bond donors (Lipinski definition) is 4. The predicted octanol–water partition coefficient (Wildman–Crippen LogP) is 0.560. The normalized spacial score (nSPS) is 12.1. The van der Waals surface area contributed by atoms with Gasteiger partial charge in [0.1, 0.15) is 11.6 Å². The summed E-state index contributed by atoms with van der Waals surface area (Å²) < 4.78 is 2.87. The minimum atomic E-state index is -0.230. The quantitative estimate of drug-likeness (QED) is 0.286. The maximum atomic E-state index is 12.8. The Bertz CT molecular complexity index is 1730. The van der Waals surface area contributed by atoms with Crippen LogP contribution in [0.1, 0.15) is 0 Å². The van der Waals surface area contributed by atoms with E-state index >= 15 is 0 Å². The van der Waals surface area contributed by atoms with Crippen molar-refractivity contribution in [2.75, 3.05) is 10.6 Å². The van der Waals surface area contributed by atoms with Crippen LogP contribution in [0.4, 0.5) is 11.6 Å². The maximum absolute atomic E-state index is 12.8. The van der Waals surface area contributed by atoms with E-state index in [2.05, 4.69) is 39.0 Å². The second-order valence-electron chi connectivity index (χ2n) is 7.95. The lowest BCUT2D eigenvalue weighted by Gasteiger charge is -2.03. The van der Waals surface area contributed by atoms with E-state index < -0.39 is 0 Å². The summed E-state index contributed by atoms with van der Waals surface area (Å²) in [5, 5.41) is 13.8. The van der Waals surface area contributed by atoms with Gasteiger partial charge in [-0.15, -0.1) is 0 Å². The minimum Gasteiger partial charge on any atom is -0.346 e. The maximum Gasteiger partial charge on any atom is 0.280 e. The average Bonchev–Trinajstić information content (AvgIpc) is 3.36. The third-order valence-corrected chi connectivity index (χ3v) is 5.52. The minimum absolute atomic E-state index is 0.230. The van der Waals surface area contributed by atoms with Crippen molar-refractivity contribution in [2.45, 2.75) is 0 Å². The van der Waals surface area contributed by atoms with Crippen LogP contribution in [0.25, 0.3) is 36.9 Å². The van der Waals surface area contributed by atoms with Crippen molar-refractivity contribution in [1.29, 1.82) is 0 Å². The molecule has 0 amide bonds. The molecule has 0 atom stereocenters. The van der Waals surface area contributed by atoms with Gasteiger partial charge in [0.2, 0.25) is 0 Å². The lowest BCUT2D eigenvalue weighted by molar-refractivity contribution is 0.838. The number of pyridine rings is 1. The first-order valence-electron chi connectivity index (χ1n) is 11.1. The number of nitrogens with one attached hydrogen (secondary N) is 4. The van der Waals surface area contributed by atoms with Gasteiger partial charge < -0.3 is 10.6 Å². The van der Waals surface area contributed by atoms with Gasteiger partial charge in [-0.3, -0.25) is 19.8 Å². The highest BCUT2D eigenvalue weighted by molar-refractivity contribution is 5.56. The molecule has 3 heterocycles. The van der Waals surface area contributed by atoms with Gasteiger partial charge in [-0.25, -0.2) is 14.3 Å². The molecule has 5 aromatic rings. The third-order valence-electron chi connectivity index (χ3n) is 5.52. The van der Waals surface area contributed by atoms with Gasteiger partial charge >= 0.3 is 0 Å². The van der Waals surface area contributed by atoms with E-state index in [1.54, 1.807) is 30.6 Å². The first-order valence-corrected chi connectivity index (χ1v) is 11.1. The van der Waals surface area contributed by atoms with Crippen molar-refractivity contribution in [3.63, 3.8) is 0 Å². The lowest BCUT2D eigenvalue weighted by Crippen LogP contribution is -2.35. The summed E-state index contributed by atoms with van der Waals surface area (Å²) in [7, 11) is 0. The number of aromatic amines is 2. The van der Waals surface area contributed by atoms with Crippen molar-refractivity contribution in [1.82, 2.24) is 24.5 Å². The van der Waals surface area contributed by atoms with E-state index in [1.165, 1.54) is 9.36 Å². The molecular formula is C27H23N7O2. The lowest BCUT2D eigenvalue weighted by atomic mass is 10.3. The number of rotatable bonds is 6. The molecule has 0 aliphatic carbocycles. The molecule has 9 nitrogen and oxygen atoms in total. The summed E-state index contributed by atoms with van der Waals surface area (Å²) in [6.07, 6.45) is 3.13. The molecule has 5 rings (SSSR count). The Balaban J connectivity index is 1.40. The molecule has 0 aliphatic heterocycles. The number of nitrogens with zero attached hydrogens (tertiary/aromatic N) is 3. The molecule has 0 saturated heterocycles. The van der Waals surface area contributed by atoms with Gasteiger partial charge in [-0.05, 0) is 36.4 Å². The molecule has 36 heavy (non-hydrogen) atoms. The van der Waals surface area contributed by atoms with Crippen LogP contribution in [-0.2, 0) is 0 Å². The van der Waals surface area contributed by atoms with E-state index in [0.29, 0.717) is 44.1 Å².